The molecule has 1 atom stereocenters. The summed E-state index contributed by atoms with van der Waals surface area (Å²) in [4.78, 5) is 18.8. The molecule has 1 amide bonds. The second kappa shape index (κ2) is 7.74. The van der Waals surface area contributed by atoms with Crippen LogP contribution >= 0.6 is 0 Å². The normalized spacial score (nSPS) is 17.2. The molecular weight excluding hydrogens is 317 g/mol. The number of nitrogens with zero attached hydrogens (tertiary/aromatic N) is 2. The zero-order valence-electron chi connectivity index (χ0n) is 14.7. The van der Waals surface area contributed by atoms with E-state index < -0.39 is 5.82 Å². The molecule has 2 heterocycles. The van der Waals surface area contributed by atoms with E-state index in [1.165, 1.54) is 11.6 Å². The first-order valence-electron chi connectivity index (χ1n) is 8.76. The Morgan fingerprint density at radius 3 is 2.60 bits per heavy atom. The minimum atomic E-state index is -0.427. The van der Waals surface area contributed by atoms with Crippen molar-refractivity contribution in [1.29, 1.82) is 0 Å². The van der Waals surface area contributed by atoms with E-state index in [2.05, 4.69) is 22.1 Å². The number of rotatable bonds is 4. The zero-order valence-corrected chi connectivity index (χ0v) is 14.7. The van der Waals surface area contributed by atoms with Crippen molar-refractivity contribution in [3.8, 4) is 0 Å². The molecule has 1 aromatic carbocycles. The van der Waals surface area contributed by atoms with E-state index in [-0.39, 0.29) is 17.5 Å². The first kappa shape index (κ1) is 17.5. The van der Waals surface area contributed by atoms with Gasteiger partial charge in [-0.25, -0.2) is 4.39 Å². The summed E-state index contributed by atoms with van der Waals surface area (Å²) in [7, 11) is 0. The lowest BCUT2D eigenvalue weighted by atomic mass is 10.00. The van der Waals surface area contributed by atoms with Crippen molar-refractivity contribution in [2.75, 3.05) is 13.1 Å². The third-order valence-electron chi connectivity index (χ3n) is 5.04. The lowest BCUT2D eigenvalue weighted by molar-refractivity contribution is 0.0892. The predicted octanol–water partition coefficient (Wildman–Crippen LogP) is 3.48. The molecule has 0 aliphatic carbocycles. The Morgan fingerprint density at radius 1 is 1.24 bits per heavy atom. The Kier molecular flexibility index (Phi) is 5.43. The summed E-state index contributed by atoms with van der Waals surface area (Å²) in [6.07, 6.45) is 5.37. The molecule has 5 heteroatoms. The van der Waals surface area contributed by atoms with Crippen molar-refractivity contribution in [3.05, 3.63) is 65.2 Å². The van der Waals surface area contributed by atoms with Crippen molar-refractivity contribution < 1.29 is 9.18 Å². The summed E-state index contributed by atoms with van der Waals surface area (Å²) in [5.74, 6) is -0.745. The average molecular weight is 341 g/mol. The quantitative estimate of drug-likeness (QED) is 0.926. The van der Waals surface area contributed by atoms with Crippen LogP contribution < -0.4 is 5.32 Å². The number of benzene rings is 1. The van der Waals surface area contributed by atoms with Gasteiger partial charge in [0.05, 0.1) is 5.56 Å². The molecule has 1 saturated heterocycles. The summed E-state index contributed by atoms with van der Waals surface area (Å²) in [6, 6.07) is 9.43. The van der Waals surface area contributed by atoms with Gasteiger partial charge in [-0.05, 0) is 56.0 Å². The predicted molar refractivity (Wildman–Crippen MR) is 95.9 cm³/mol. The highest BCUT2D eigenvalue weighted by molar-refractivity contribution is 5.94. The number of hydrogen-bond acceptors (Lipinski definition) is 3. The molecule has 0 bridgehead atoms. The van der Waals surface area contributed by atoms with E-state index in [1.807, 2.05) is 24.5 Å². The number of likely N-dealkylation sites (tertiary alicyclic amines) is 1. The number of nitrogens with one attached hydrogen (secondary N) is 1. The van der Waals surface area contributed by atoms with Gasteiger partial charge in [0.1, 0.15) is 5.82 Å². The minimum absolute atomic E-state index is 0.0910. The van der Waals surface area contributed by atoms with Crippen molar-refractivity contribution in [1.82, 2.24) is 15.2 Å². The molecule has 25 heavy (non-hydrogen) atoms. The molecule has 1 aliphatic heterocycles. The molecule has 0 radical (unpaired) electrons. The maximum absolute atomic E-state index is 14.1. The number of amides is 1. The Hall–Kier alpha value is -2.27. The highest BCUT2D eigenvalue weighted by Gasteiger charge is 2.25. The molecule has 4 nitrogen and oxygen atoms in total. The summed E-state index contributed by atoms with van der Waals surface area (Å²) < 4.78 is 14.1. The van der Waals surface area contributed by atoms with E-state index in [0.717, 1.165) is 25.9 Å². The van der Waals surface area contributed by atoms with Gasteiger partial charge in [0.15, 0.2) is 0 Å². The summed E-state index contributed by atoms with van der Waals surface area (Å²) in [6.45, 7) is 5.68. The van der Waals surface area contributed by atoms with Gasteiger partial charge in [-0.3, -0.25) is 14.7 Å². The van der Waals surface area contributed by atoms with Gasteiger partial charge < -0.3 is 5.32 Å². The lowest BCUT2D eigenvalue weighted by Crippen LogP contribution is -2.45. The van der Waals surface area contributed by atoms with Crippen LogP contribution in [0.4, 0.5) is 4.39 Å². The molecule has 1 N–H and O–H groups in total. The molecule has 1 aromatic heterocycles. The van der Waals surface area contributed by atoms with Gasteiger partial charge in [0.2, 0.25) is 0 Å². The van der Waals surface area contributed by atoms with Crippen LogP contribution in [0.25, 0.3) is 0 Å². The fourth-order valence-corrected chi connectivity index (χ4v) is 3.37. The second-order valence-electron chi connectivity index (χ2n) is 6.68. The van der Waals surface area contributed by atoms with Crippen LogP contribution in [0, 0.1) is 12.7 Å². The van der Waals surface area contributed by atoms with Crippen molar-refractivity contribution in [3.63, 3.8) is 0 Å². The first-order valence-corrected chi connectivity index (χ1v) is 8.76. The zero-order chi connectivity index (χ0) is 17.8. The van der Waals surface area contributed by atoms with Gasteiger partial charge >= 0.3 is 0 Å². The third-order valence-corrected chi connectivity index (χ3v) is 5.04. The number of carbonyl (C=O) groups is 1. The van der Waals surface area contributed by atoms with E-state index in [9.17, 15) is 9.18 Å². The largest absolute Gasteiger partial charge is 0.349 e. The molecule has 1 aliphatic rings. The van der Waals surface area contributed by atoms with E-state index in [0.29, 0.717) is 11.6 Å². The molecular formula is C20H24FN3O. The monoisotopic (exact) mass is 341 g/mol. The smallest absolute Gasteiger partial charge is 0.254 e. The Balaban J connectivity index is 1.56. The topological polar surface area (TPSA) is 45.2 Å². The van der Waals surface area contributed by atoms with Crippen LogP contribution in [-0.2, 0) is 0 Å². The number of aromatic nitrogens is 1. The lowest BCUT2D eigenvalue weighted by Gasteiger charge is -2.36. The van der Waals surface area contributed by atoms with Crippen LogP contribution in [0.1, 0.15) is 47.3 Å². The molecule has 0 spiro atoms. The van der Waals surface area contributed by atoms with E-state index in [1.54, 1.807) is 19.1 Å². The fraction of sp³-hybridized carbons (Fsp3) is 0.400. The van der Waals surface area contributed by atoms with E-state index in [4.69, 9.17) is 0 Å². The maximum atomic E-state index is 14.1. The van der Waals surface area contributed by atoms with Gasteiger partial charge in [-0.2, -0.15) is 0 Å². The molecule has 1 unspecified atom stereocenters. The van der Waals surface area contributed by atoms with Crippen molar-refractivity contribution in [2.45, 2.75) is 38.8 Å². The van der Waals surface area contributed by atoms with Gasteiger partial charge in [-0.1, -0.05) is 12.1 Å². The standard InChI is InChI=1S/C20H24FN3O/c1-14-4-3-5-18(19(14)21)20(25)23-17-8-12-24(13-9-17)15(2)16-6-10-22-11-7-16/h3-7,10-11,15,17H,8-9,12-13H2,1-2H3,(H,23,25). The molecule has 0 saturated carbocycles. The fourth-order valence-electron chi connectivity index (χ4n) is 3.37. The van der Waals surface area contributed by atoms with Crippen molar-refractivity contribution >= 4 is 5.91 Å². The van der Waals surface area contributed by atoms with Crippen LogP contribution in [0.5, 0.6) is 0 Å². The highest BCUT2D eigenvalue weighted by atomic mass is 19.1. The summed E-state index contributed by atoms with van der Waals surface area (Å²) >= 11 is 0. The number of piperidine rings is 1. The average Bonchev–Trinajstić information content (AvgIpc) is 2.64. The molecule has 2 aromatic rings. The molecule has 1 fully saturated rings. The number of pyridine rings is 1. The Bertz CT molecular complexity index is 727. The summed E-state index contributed by atoms with van der Waals surface area (Å²) in [5, 5.41) is 2.99. The Labute approximate surface area is 148 Å². The van der Waals surface area contributed by atoms with Crippen LogP contribution in [-0.4, -0.2) is 34.9 Å². The van der Waals surface area contributed by atoms with Crippen LogP contribution in [0.15, 0.2) is 42.7 Å². The molecule has 3 rings (SSSR count). The molecule has 132 valence electrons. The van der Waals surface area contributed by atoms with Crippen LogP contribution in [0.2, 0.25) is 0 Å². The summed E-state index contributed by atoms with van der Waals surface area (Å²) in [5.41, 5.74) is 1.88. The van der Waals surface area contributed by atoms with E-state index >= 15 is 0 Å². The minimum Gasteiger partial charge on any atom is -0.349 e. The SMILES string of the molecule is Cc1cccc(C(=O)NC2CCN(C(C)c3ccncc3)CC2)c1F. The Morgan fingerprint density at radius 2 is 1.92 bits per heavy atom. The second-order valence-corrected chi connectivity index (χ2v) is 6.68. The first-order chi connectivity index (χ1) is 12.1. The third kappa shape index (κ3) is 4.04. The number of halogens is 1. The van der Waals surface area contributed by atoms with Gasteiger partial charge in [0.25, 0.3) is 5.91 Å². The number of aryl methyl sites for hydroxylation is 1. The van der Waals surface area contributed by atoms with Crippen molar-refractivity contribution in [2.24, 2.45) is 0 Å². The van der Waals surface area contributed by atoms with Gasteiger partial charge in [0, 0.05) is 37.6 Å². The van der Waals surface area contributed by atoms with Gasteiger partial charge in [-0.15, -0.1) is 0 Å². The highest BCUT2D eigenvalue weighted by Crippen LogP contribution is 2.24. The van der Waals surface area contributed by atoms with Crippen LogP contribution in [0.3, 0.4) is 0 Å². The maximum Gasteiger partial charge on any atom is 0.254 e. The number of carbonyl (C=O) groups excluding carboxylic acids is 1. The number of hydrogen-bond donors (Lipinski definition) is 1.